The Hall–Kier alpha value is -4.16. The summed E-state index contributed by atoms with van der Waals surface area (Å²) in [5.41, 5.74) is -0.146. The highest BCUT2D eigenvalue weighted by molar-refractivity contribution is 5.70. The molecule has 0 aromatic heterocycles. The van der Waals surface area contributed by atoms with Gasteiger partial charge in [-0.05, 0) is 89.2 Å². The van der Waals surface area contributed by atoms with Gasteiger partial charge in [-0.15, -0.1) is 0 Å². The van der Waals surface area contributed by atoms with Crippen molar-refractivity contribution in [1.29, 1.82) is 0 Å². The normalized spacial score (nSPS) is 11.6. The first-order valence-electron chi connectivity index (χ1n) is 29.4. The average molecular weight is 1030 g/mol. The largest absolute Gasteiger partial charge is 0.513 e. The van der Waals surface area contributed by atoms with Crippen molar-refractivity contribution in [3.63, 3.8) is 0 Å². The minimum atomic E-state index is -1.02. The third kappa shape index (κ3) is 40.9. The lowest BCUT2D eigenvalue weighted by Crippen LogP contribution is -2.26. The maximum absolute atomic E-state index is 12.9. The third-order valence-electron chi connectivity index (χ3n) is 13.4. The molecule has 0 N–H and O–H groups in total. The second-order valence-corrected chi connectivity index (χ2v) is 20.4. The second-order valence-electron chi connectivity index (χ2n) is 20.4. The van der Waals surface area contributed by atoms with E-state index >= 15 is 0 Å². The van der Waals surface area contributed by atoms with E-state index in [1.54, 1.807) is 0 Å². The number of nitro benzene ring substituents is 1. The Bertz CT molecular complexity index is 1440. The lowest BCUT2D eigenvalue weighted by molar-refractivity contribution is -0.384. The molecule has 0 aliphatic rings. The number of carbonyl (C=O) groups is 4. The molecule has 0 radical (unpaired) electrons. The summed E-state index contributed by atoms with van der Waals surface area (Å²) < 4.78 is 34.1. The molecule has 0 heterocycles. The van der Waals surface area contributed by atoms with E-state index in [1.165, 1.54) is 153 Å². The van der Waals surface area contributed by atoms with Crippen LogP contribution < -0.4 is 4.74 Å². The van der Waals surface area contributed by atoms with Gasteiger partial charge in [0.25, 0.3) is 5.69 Å². The summed E-state index contributed by atoms with van der Waals surface area (Å²) in [5, 5.41) is 11.0. The average Bonchev–Trinajstić information content (AvgIpc) is 3.37. The first-order chi connectivity index (χ1) is 35.5. The Kier molecular flexibility index (Phi) is 43.5. The van der Waals surface area contributed by atoms with Gasteiger partial charge in [-0.25, -0.2) is 4.79 Å². The van der Waals surface area contributed by atoms with Crippen LogP contribution in [0.2, 0.25) is 0 Å². The number of rotatable bonds is 51. The van der Waals surface area contributed by atoms with Gasteiger partial charge in [0.2, 0.25) is 0 Å². The fourth-order valence-corrected chi connectivity index (χ4v) is 8.79. The molecule has 13 nitrogen and oxygen atoms in total. The zero-order chi connectivity index (χ0) is 53.4. The van der Waals surface area contributed by atoms with Gasteiger partial charge < -0.3 is 28.4 Å². The summed E-state index contributed by atoms with van der Waals surface area (Å²) in [5.74, 6) is -0.639. The number of esters is 3. The summed E-state index contributed by atoms with van der Waals surface area (Å²) in [6.45, 7) is 12.8. The zero-order valence-electron chi connectivity index (χ0n) is 46.6. The minimum Gasteiger partial charge on any atom is -0.498 e. The van der Waals surface area contributed by atoms with E-state index in [0.29, 0.717) is 50.7 Å². The van der Waals surface area contributed by atoms with Crippen molar-refractivity contribution in [2.45, 2.75) is 284 Å². The molecule has 0 fully saturated rings. The zero-order valence-corrected chi connectivity index (χ0v) is 46.6. The molecule has 0 spiro atoms. The van der Waals surface area contributed by atoms with E-state index in [0.717, 1.165) is 64.2 Å². The number of nitro groups is 1. The molecular weight excluding hydrogens is 927 g/mol. The molecule has 1 aromatic carbocycles. The topological polar surface area (TPSA) is 167 Å². The van der Waals surface area contributed by atoms with Crippen molar-refractivity contribution in [2.75, 3.05) is 19.8 Å². The first kappa shape index (κ1) is 66.9. The number of benzene rings is 1. The van der Waals surface area contributed by atoms with Crippen LogP contribution in [0.25, 0.3) is 0 Å². The van der Waals surface area contributed by atoms with Crippen molar-refractivity contribution in [3.05, 3.63) is 46.7 Å². The summed E-state index contributed by atoms with van der Waals surface area (Å²) >= 11 is 0. The Morgan fingerprint density at radius 2 is 0.795 bits per heavy atom. The predicted octanol–water partition coefficient (Wildman–Crippen LogP) is 17.5. The van der Waals surface area contributed by atoms with E-state index in [1.807, 2.05) is 0 Å². The predicted molar refractivity (Wildman–Crippen MR) is 293 cm³/mol. The number of non-ortho nitro benzene ring substituents is 1. The molecule has 1 aromatic rings. The van der Waals surface area contributed by atoms with Crippen LogP contribution in [0.4, 0.5) is 10.5 Å². The molecule has 0 bridgehead atoms. The van der Waals surface area contributed by atoms with Gasteiger partial charge in [0.15, 0.2) is 0 Å². The van der Waals surface area contributed by atoms with Crippen LogP contribution in [-0.2, 0) is 38.1 Å². The van der Waals surface area contributed by atoms with E-state index < -0.39 is 23.0 Å². The Labute approximate surface area is 442 Å². The van der Waals surface area contributed by atoms with Crippen molar-refractivity contribution in [2.24, 2.45) is 5.92 Å². The Morgan fingerprint density at radius 3 is 1.21 bits per heavy atom. The standard InChI is InChI=1S/C60H103NO12/c1-6-10-14-18-22-29-37-54(38-30-23-19-15-11-7-2)71-58(63)42-34-26-28-36-51(5)68-48-52(50-70-60(65)73-56-46-44-53(45-47-56)61(66)67)49-69-57(62)41-33-27-35-43-59(64)72-55(39-31-24-20-16-12-8-3)40-32-25-21-17-13-9-4/h44-47,52,54-55H,5-43,48-50H2,1-4H3. The molecule has 0 aliphatic carbocycles. The van der Waals surface area contributed by atoms with Crippen LogP contribution in [0.3, 0.4) is 0 Å². The van der Waals surface area contributed by atoms with Crippen molar-refractivity contribution in [3.8, 4) is 5.75 Å². The number of hydrogen-bond acceptors (Lipinski definition) is 12. The molecule has 0 amide bonds. The quantitative estimate of drug-likeness (QED) is 0.0115. The maximum atomic E-state index is 12.9. The van der Waals surface area contributed by atoms with Crippen LogP contribution in [-0.4, -0.2) is 61.0 Å². The molecule has 1 rings (SSSR count). The molecule has 13 heteroatoms. The van der Waals surface area contributed by atoms with Crippen LogP contribution in [0.5, 0.6) is 5.75 Å². The van der Waals surface area contributed by atoms with Gasteiger partial charge in [0.1, 0.15) is 31.2 Å². The number of carbonyl (C=O) groups excluding carboxylic acids is 4. The lowest BCUT2D eigenvalue weighted by atomic mass is 10.0. The number of ether oxygens (including phenoxy) is 6. The van der Waals surface area contributed by atoms with E-state index in [2.05, 4.69) is 34.3 Å². The van der Waals surface area contributed by atoms with Gasteiger partial charge in [0.05, 0.1) is 23.2 Å². The van der Waals surface area contributed by atoms with Crippen molar-refractivity contribution in [1.82, 2.24) is 0 Å². The molecule has 0 saturated carbocycles. The minimum absolute atomic E-state index is 0.00205. The van der Waals surface area contributed by atoms with E-state index in [9.17, 15) is 29.3 Å². The monoisotopic (exact) mass is 1030 g/mol. The summed E-state index contributed by atoms with van der Waals surface area (Å²) in [6, 6.07) is 5.04. The number of unbranched alkanes of at least 4 members (excludes halogenated alkanes) is 24. The fraction of sp³-hybridized carbons (Fsp3) is 0.800. The molecule has 0 saturated heterocycles. The Morgan fingerprint density at radius 1 is 0.452 bits per heavy atom. The second kappa shape index (κ2) is 47.5. The third-order valence-corrected chi connectivity index (χ3v) is 13.4. The molecule has 0 aliphatic heterocycles. The maximum Gasteiger partial charge on any atom is 0.513 e. The highest BCUT2D eigenvalue weighted by Crippen LogP contribution is 2.22. The SMILES string of the molecule is C=C(CCCCCC(=O)OC(CCCCCCCC)CCCCCCCC)OCC(COC(=O)CCCCCC(=O)OC(CCCCCCCC)CCCCCCCC)COC(=O)Oc1ccc([N+](=O)[O-])cc1. The molecule has 1 atom stereocenters. The van der Waals surface area contributed by atoms with Crippen LogP contribution >= 0.6 is 0 Å². The summed E-state index contributed by atoms with van der Waals surface area (Å²) in [7, 11) is 0. The molecular formula is C60H103NO12. The Balaban J connectivity index is 2.61. The number of hydrogen-bond donors (Lipinski definition) is 0. The van der Waals surface area contributed by atoms with Crippen LogP contribution in [0.1, 0.15) is 272 Å². The van der Waals surface area contributed by atoms with Crippen LogP contribution in [0, 0.1) is 16.0 Å². The number of nitrogens with zero attached hydrogens (tertiary/aromatic N) is 1. The highest BCUT2D eigenvalue weighted by atomic mass is 16.7. The van der Waals surface area contributed by atoms with Gasteiger partial charge in [-0.2, -0.15) is 0 Å². The summed E-state index contributed by atoms with van der Waals surface area (Å²) in [6.07, 6.45) is 37.3. The van der Waals surface area contributed by atoms with E-state index in [4.69, 9.17) is 28.4 Å². The van der Waals surface area contributed by atoms with Crippen molar-refractivity contribution < 1.29 is 52.5 Å². The molecule has 1 unspecified atom stereocenters. The summed E-state index contributed by atoms with van der Waals surface area (Å²) in [4.78, 5) is 61.7. The van der Waals surface area contributed by atoms with Crippen LogP contribution in [0.15, 0.2) is 36.6 Å². The number of allylic oxidation sites excluding steroid dienone is 1. The van der Waals surface area contributed by atoms with E-state index in [-0.39, 0.29) is 61.8 Å². The van der Waals surface area contributed by atoms with Gasteiger partial charge >= 0.3 is 24.1 Å². The van der Waals surface area contributed by atoms with Gasteiger partial charge in [-0.1, -0.05) is 176 Å². The highest BCUT2D eigenvalue weighted by Gasteiger charge is 2.20. The lowest BCUT2D eigenvalue weighted by Gasteiger charge is -2.19. The molecule has 73 heavy (non-hydrogen) atoms. The van der Waals surface area contributed by atoms with Crippen molar-refractivity contribution >= 4 is 29.8 Å². The first-order valence-corrected chi connectivity index (χ1v) is 29.4. The van der Waals surface area contributed by atoms with Gasteiger partial charge in [-0.3, -0.25) is 24.5 Å². The van der Waals surface area contributed by atoms with Gasteiger partial charge in [0, 0.05) is 37.8 Å². The molecule has 420 valence electrons. The fourth-order valence-electron chi connectivity index (χ4n) is 8.79. The smallest absolute Gasteiger partial charge is 0.498 e.